The van der Waals surface area contributed by atoms with Gasteiger partial charge < -0.3 is 0 Å². The molecule has 0 spiro atoms. The predicted molar refractivity (Wildman–Crippen MR) is 90.4 cm³/mol. The number of hydrogen-bond acceptors (Lipinski definition) is 2. The maximum absolute atomic E-state index is 3.94. The number of nitrogens with zero attached hydrogens (tertiary/aromatic N) is 2. The van der Waals surface area contributed by atoms with Gasteiger partial charge in [-0.3, -0.25) is 10.9 Å². The van der Waals surface area contributed by atoms with Crippen molar-refractivity contribution < 1.29 is 0 Å². The second-order valence-electron chi connectivity index (χ2n) is 4.74. The lowest BCUT2D eigenvalue weighted by Crippen LogP contribution is -1.91. The van der Waals surface area contributed by atoms with Crippen molar-refractivity contribution in [2.75, 3.05) is 10.9 Å². The quantitative estimate of drug-likeness (QED) is 0.503. The number of hydrogen-bond donors (Lipinski definition) is 2. The van der Waals surface area contributed by atoms with Crippen molar-refractivity contribution in [1.29, 1.82) is 0 Å². The van der Waals surface area contributed by atoms with Gasteiger partial charge in [-0.05, 0) is 35.4 Å². The fourth-order valence-corrected chi connectivity index (χ4v) is 2.08. The van der Waals surface area contributed by atoms with Crippen molar-refractivity contribution in [3.05, 3.63) is 84.9 Å². The summed E-state index contributed by atoms with van der Waals surface area (Å²) in [7, 11) is 0. The van der Waals surface area contributed by atoms with Gasteiger partial charge in [0.15, 0.2) is 0 Å². The zero-order valence-corrected chi connectivity index (χ0v) is 12.0. The van der Waals surface area contributed by atoms with Crippen LogP contribution in [0.15, 0.2) is 95.4 Å². The summed E-state index contributed by atoms with van der Waals surface area (Å²) in [6, 6.07) is 28.0. The van der Waals surface area contributed by atoms with Crippen LogP contribution in [0, 0.1) is 0 Å². The van der Waals surface area contributed by atoms with Crippen LogP contribution in [0.4, 0.5) is 11.4 Å². The highest BCUT2D eigenvalue weighted by atomic mass is 15.5. The van der Waals surface area contributed by atoms with Gasteiger partial charge in [-0.2, -0.15) is 0 Å². The Hall–Kier alpha value is -3.14. The summed E-state index contributed by atoms with van der Waals surface area (Å²) in [5, 5.41) is 7.84. The van der Waals surface area contributed by atoms with Crippen LogP contribution in [-0.4, -0.2) is 0 Å². The lowest BCUT2D eigenvalue weighted by Gasteiger charge is -2.04. The smallest absolute Gasteiger partial charge is 0.0585 e. The largest absolute Gasteiger partial charge is 0.258 e. The van der Waals surface area contributed by atoms with Crippen LogP contribution in [0.25, 0.3) is 11.1 Å². The van der Waals surface area contributed by atoms with Crippen LogP contribution >= 0.6 is 0 Å². The highest BCUT2D eigenvalue weighted by molar-refractivity contribution is 5.67. The molecular formula is C18H16N4. The van der Waals surface area contributed by atoms with Crippen molar-refractivity contribution in [2.24, 2.45) is 10.4 Å². The van der Waals surface area contributed by atoms with Crippen LogP contribution in [0.5, 0.6) is 0 Å². The first kappa shape index (κ1) is 13.8. The van der Waals surface area contributed by atoms with Crippen molar-refractivity contribution in [2.45, 2.75) is 0 Å². The van der Waals surface area contributed by atoms with Gasteiger partial charge in [-0.15, -0.1) is 0 Å². The topological polar surface area (TPSA) is 48.8 Å². The minimum absolute atomic E-state index is 0.889. The highest BCUT2D eigenvalue weighted by Crippen LogP contribution is 2.22. The van der Waals surface area contributed by atoms with E-state index in [0.717, 1.165) is 16.9 Å². The van der Waals surface area contributed by atoms with Gasteiger partial charge in [0.25, 0.3) is 0 Å². The zero-order valence-electron chi connectivity index (χ0n) is 12.0. The molecule has 3 aromatic rings. The summed E-state index contributed by atoms with van der Waals surface area (Å²) >= 11 is 0. The summed E-state index contributed by atoms with van der Waals surface area (Å²) in [4.78, 5) is 0. The van der Waals surface area contributed by atoms with E-state index in [9.17, 15) is 0 Å². The molecule has 108 valence electrons. The Bertz CT molecular complexity index is 739. The van der Waals surface area contributed by atoms with Gasteiger partial charge in [-0.25, -0.2) is 0 Å². The Morgan fingerprint density at radius 2 is 1.05 bits per heavy atom. The first-order valence-corrected chi connectivity index (χ1v) is 7.04. The number of benzene rings is 3. The van der Waals surface area contributed by atoms with Crippen molar-refractivity contribution in [3.8, 4) is 11.1 Å². The summed E-state index contributed by atoms with van der Waals surface area (Å²) in [5.74, 6) is 0. The molecule has 22 heavy (non-hydrogen) atoms. The van der Waals surface area contributed by atoms with Gasteiger partial charge >= 0.3 is 0 Å². The molecule has 0 aliphatic carbocycles. The first-order valence-electron chi connectivity index (χ1n) is 7.04. The molecule has 3 rings (SSSR count). The fourth-order valence-electron chi connectivity index (χ4n) is 2.08. The molecule has 0 amide bonds. The van der Waals surface area contributed by atoms with Crippen LogP contribution < -0.4 is 10.9 Å². The molecule has 0 unspecified atom stereocenters. The minimum Gasteiger partial charge on any atom is -0.258 e. The molecule has 0 aliphatic rings. The Balaban J connectivity index is 1.64. The van der Waals surface area contributed by atoms with Crippen molar-refractivity contribution >= 4 is 11.4 Å². The van der Waals surface area contributed by atoms with E-state index in [1.54, 1.807) is 0 Å². The first-order chi connectivity index (χ1) is 10.9. The number of anilines is 2. The molecule has 0 fully saturated rings. The number of rotatable bonds is 5. The molecule has 0 radical (unpaired) electrons. The molecule has 3 aromatic carbocycles. The van der Waals surface area contributed by atoms with Crippen molar-refractivity contribution in [1.82, 2.24) is 0 Å². The van der Waals surface area contributed by atoms with Gasteiger partial charge in [0, 0.05) is 0 Å². The van der Waals surface area contributed by atoms with E-state index in [4.69, 9.17) is 0 Å². The average Bonchev–Trinajstić information content (AvgIpc) is 2.61. The van der Waals surface area contributed by atoms with E-state index in [1.807, 2.05) is 66.7 Å². The molecule has 0 aromatic heterocycles. The highest BCUT2D eigenvalue weighted by Gasteiger charge is 1.97. The van der Waals surface area contributed by atoms with E-state index in [-0.39, 0.29) is 0 Å². The monoisotopic (exact) mass is 288 g/mol. The lowest BCUT2D eigenvalue weighted by molar-refractivity contribution is 1.06. The number of nitrogens with one attached hydrogen (secondary N) is 2. The van der Waals surface area contributed by atoms with E-state index in [2.05, 4.69) is 39.5 Å². The zero-order chi connectivity index (χ0) is 15.0. The molecule has 0 heterocycles. The van der Waals surface area contributed by atoms with E-state index >= 15 is 0 Å². The second-order valence-corrected chi connectivity index (χ2v) is 4.74. The van der Waals surface area contributed by atoms with E-state index in [1.165, 1.54) is 5.56 Å². The van der Waals surface area contributed by atoms with Crippen LogP contribution in [0.3, 0.4) is 0 Å². The molecular weight excluding hydrogens is 272 g/mol. The Labute approximate surface area is 129 Å². The third kappa shape index (κ3) is 3.70. The Kier molecular flexibility index (Phi) is 4.42. The minimum atomic E-state index is 0.889. The van der Waals surface area contributed by atoms with Crippen LogP contribution in [0.1, 0.15) is 0 Å². The van der Waals surface area contributed by atoms with Gasteiger partial charge in [0.1, 0.15) is 0 Å². The standard InChI is InChI=1S/C18H16N4/c1-3-8-15(9-4-1)16-10-7-13-18(14-16)20-22-21-19-17-11-5-2-6-12-17/h1-14H,(H,19,22)(H,20,21). The maximum Gasteiger partial charge on any atom is 0.0585 e. The second kappa shape index (κ2) is 7.04. The third-order valence-corrected chi connectivity index (χ3v) is 3.15. The van der Waals surface area contributed by atoms with Crippen molar-refractivity contribution in [3.63, 3.8) is 0 Å². The van der Waals surface area contributed by atoms with Gasteiger partial charge in [-0.1, -0.05) is 71.1 Å². The summed E-state index contributed by atoms with van der Waals surface area (Å²) in [6.07, 6.45) is 0. The lowest BCUT2D eigenvalue weighted by atomic mass is 10.1. The predicted octanol–water partition coefficient (Wildman–Crippen LogP) is 5.16. The molecule has 4 nitrogen and oxygen atoms in total. The average molecular weight is 288 g/mol. The maximum atomic E-state index is 3.94. The molecule has 0 bridgehead atoms. The van der Waals surface area contributed by atoms with E-state index < -0.39 is 0 Å². The molecule has 0 saturated carbocycles. The van der Waals surface area contributed by atoms with Crippen LogP contribution in [0.2, 0.25) is 0 Å². The molecule has 4 heteroatoms. The fraction of sp³-hybridized carbons (Fsp3) is 0. The van der Waals surface area contributed by atoms with Gasteiger partial charge in [0.05, 0.1) is 11.4 Å². The Morgan fingerprint density at radius 3 is 1.77 bits per heavy atom. The van der Waals surface area contributed by atoms with Crippen LogP contribution in [-0.2, 0) is 0 Å². The molecule has 2 N–H and O–H groups in total. The number of para-hydroxylation sites is 1. The molecule has 0 aliphatic heterocycles. The SMILES string of the molecule is c1ccc(NN=NNc2cccc(-c3ccccc3)c2)cc1. The third-order valence-electron chi connectivity index (χ3n) is 3.15. The molecule has 0 saturated heterocycles. The summed E-state index contributed by atoms with van der Waals surface area (Å²) in [6.45, 7) is 0. The normalized spacial score (nSPS) is 10.5. The van der Waals surface area contributed by atoms with E-state index in [0.29, 0.717) is 0 Å². The molecule has 0 atom stereocenters. The summed E-state index contributed by atoms with van der Waals surface area (Å²) in [5.41, 5.74) is 9.87. The van der Waals surface area contributed by atoms with Gasteiger partial charge in [0.2, 0.25) is 0 Å². The summed E-state index contributed by atoms with van der Waals surface area (Å²) < 4.78 is 0. The Morgan fingerprint density at radius 1 is 0.500 bits per heavy atom.